The lowest BCUT2D eigenvalue weighted by molar-refractivity contribution is -0.106. The van der Waals surface area contributed by atoms with E-state index in [4.69, 9.17) is 5.11 Å². The van der Waals surface area contributed by atoms with Gasteiger partial charge in [0.1, 0.15) is 11.6 Å². The Bertz CT molecular complexity index is 338. The van der Waals surface area contributed by atoms with Crippen molar-refractivity contribution in [3.05, 3.63) is 41.2 Å². The number of carbonyl (C=O) groups excluding carboxylic acids is 1. The van der Waals surface area contributed by atoms with E-state index in [2.05, 4.69) is 0 Å². The molecule has 1 aromatic rings. The summed E-state index contributed by atoms with van der Waals surface area (Å²) in [6.45, 7) is 0. The summed E-state index contributed by atoms with van der Waals surface area (Å²) in [5.74, 6) is -2.37. The van der Waals surface area contributed by atoms with Gasteiger partial charge in [-0.05, 0) is 18.2 Å². The second-order valence-corrected chi connectivity index (χ2v) is 2.32. The minimum Gasteiger partial charge on any atom is -0.505 e. The molecule has 1 rings (SSSR count). The van der Waals surface area contributed by atoms with Gasteiger partial charge in [-0.2, -0.15) is 0 Å². The van der Waals surface area contributed by atoms with E-state index in [0.29, 0.717) is 0 Å². The molecule has 0 fully saturated rings. The quantitative estimate of drug-likeness (QED) is 0.434. The normalized spacial score (nSPS) is 11.4. The predicted molar refractivity (Wildman–Crippen MR) is 43.0 cm³/mol. The Labute approximate surface area is 73.1 Å². The maximum absolute atomic E-state index is 12.8. The summed E-state index contributed by atoms with van der Waals surface area (Å²) in [5, 5.41) is 8.72. The number of aliphatic hydroxyl groups excluding tert-OH is 1. The van der Waals surface area contributed by atoms with Gasteiger partial charge < -0.3 is 5.11 Å². The third-order valence-electron chi connectivity index (χ3n) is 1.41. The molecule has 68 valence electrons. The number of aliphatic hydroxyl groups is 1. The van der Waals surface area contributed by atoms with Gasteiger partial charge in [0.05, 0.1) is 0 Å². The number of benzene rings is 1. The zero-order valence-electron chi connectivity index (χ0n) is 6.50. The zero-order chi connectivity index (χ0) is 9.84. The molecule has 0 radical (unpaired) electrons. The van der Waals surface area contributed by atoms with Crippen LogP contribution in [-0.2, 0) is 4.79 Å². The van der Waals surface area contributed by atoms with Gasteiger partial charge in [-0.15, -0.1) is 0 Å². The molecule has 13 heavy (non-hydrogen) atoms. The van der Waals surface area contributed by atoms with Gasteiger partial charge in [0.2, 0.25) is 0 Å². The standard InChI is InChI=1S/C9H6F2O2/c10-8-2-1-3-9(11)7(8)4-6(13)5-12/h1-5,13H/b6-4-. The molecule has 0 aromatic heterocycles. The van der Waals surface area contributed by atoms with Crippen LogP contribution in [0.15, 0.2) is 24.0 Å². The molecule has 0 amide bonds. The van der Waals surface area contributed by atoms with E-state index in [1.165, 1.54) is 6.07 Å². The smallest absolute Gasteiger partial charge is 0.184 e. The third kappa shape index (κ3) is 2.11. The number of aldehydes is 1. The largest absolute Gasteiger partial charge is 0.505 e. The molecule has 0 atom stereocenters. The van der Waals surface area contributed by atoms with Crippen molar-refractivity contribution in [3.8, 4) is 0 Å². The fourth-order valence-electron chi connectivity index (χ4n) is 0.831. The van der Waals surface area contributed by atoms with Gasteiger partial charge in [0, 0.05) is 5.56 Å². The van der Waals surface area contributed by atoms with Crippen molar-refractivity contribution in [2.75, 3.05) is 0 Å². The second-order valence-electron chi connectivity index (χ2n) is 2.32. The molecule has 1 aromatic carbocycles. The average molecular weight is 184 g/mol. The molecule has 0 aliphatic rings. The van der Waals surface area contributed by atoms with Crippen molar-refractivity contribution in [2.24, 2.45) is 0 Å². The first kappa shape index (κ1) is 9.38. The maximum atomic E-state index is 12.8. The highest BCUT2D eigenvalue weighted by Gasteiger charge is 2.05. The first-order valence-electron chi connectivity index (χ1n) is 3.45. The lowest BCUT2D eigenvalue weighted by Crippen LogP contribution is -1.90. The van der Waals surface area contributed by atoms with Crippen LogP contribution in [0.4, 0.5) is 8.78 Å². The fourth-order valence-corrected chi connectivity index (χ4v) is 0.831. The molecule has 0 saturated carbocycles. The van der Waals surface area contributed by atoms with E-state index < -0.39 is 23.0 Å². The number of carbonyl (C=O) groups is 1. The molecule has 0 heterocycles. The van der Waals surface area contributed by atoms with Crippen LogP contribution in [0.3, 0.4) is 0 Å². The minimum atomic E-state index is -0.826. The fraction of sp³-hybridized carbons (Fsp3) is 0. The summed E-state index contributed by atoms with van der Waals surface area (Å²) in [6, 6.07) is 3.26. The Balaban J connectivity index is 3.21. The highest BCUT2D eigenvalue weighted by atomic mass is 19.1. The van der Waals surface area contributed by atoms with Crippen LogP contribution in [0.2, 0.25) is 0 Å². The van der Waals surface area contributed by atoms with Gasteiger partial charge in [-0.1, -0.05) is 6.07 Å². The van der Waals surface area contributed by atoms with Crippen LogP contribution in [-0.4, -0.2) is 11.4 Å². The third-order valence-corrected chi connectivity index (χ3v) is 1.41. The topological polar surface area (TPSA) is 37.3 Å². The zero-order valence-corrected chi connectivity index (χ0v) is 6.50. The summed E-state index contributed by atoms with van der Waals surface area (Å²) < 4.78 is 25.7. The molecule has 0 aliphatic carbocycles. The summed E-state index contributed by atoms with van der Waals surface area (Å²) in [6.07, 6.45) is 0.837. The maximum Gasteiger partial charge on any atom is 0.184 e. The molecule has 0 aliphatic heterocycles. The van der Waals surface area contributed by atoms with E-state index in [-0.39, 0.29) is 6.29 Å². The van der Waals surface area contributed by atoms with Crippen LogP contribution in [0.5, 0.6) is 0 Å². The Hall–Kier alpha value is -1.71. The van der Waals surface area contributed by atoms with Gasteiger partial charge in [0.25, 0.3) is 0 Å². The van der Waals surface area contributed by atoms with E-state index in [9.17, 15) is 13.6 Å². The number of allylic oxidation sites excluding steroid dienone is 1. The summed E-state index contributed by atoms with van der Waals surface area (Å²) in [7, 11) is 0. The van der Waals surface area contributed by atoms with Crippen molar-refractivity contribution in [1.82, 2.24) is 0 Å². The van der Waals surface area contributed by atoms with Gasteiger partial charge >= 0.3 is 0 Å². The number of hydrogen-bond acceptors (Lipinski definition) is 2. The average Bonchev–Trinajstić information content (AvgIpc) is 2.11. The Morgan fingerprint density at radius 1 is 1.31 bits per heavy atom. The summed E-state index contributed by atoms with van der Waals surface area (Å²) in [4.78, 5) is 9.97. The van der Waals surface area contributed by atoms with Crippen molar-refractivity contribution in [2.45, 2.75) is 0 Å². The van der Waals surface area contributed by atoms with Crippen LogP contribution in [0, 0.1) is 11.6 Å². The minimum absolute atomic E-state index is 0.103. The Kier molecular flexibility index (Phi) is 2.74. The van der Waals surface area contributed by atoms with Crippen molar-refractivity contribution < 1.29 is 18.7 Å². The first-order valence-corrected chi connectivity index (χ1v) is 3.45. The number of halogens is 2. The molecular formula is C9H6F2O2. The van der Waals surface area contributed by atoms with Crippen molar-refractivity contribution >= 4 is 12.4 Å². The van der Waals surface area contributed by atoms with E-state index in [1.807, 2.05) is 0 Å². The van der Waals surface area contributed by atoms with E-state index in [1.54, 1.807) is 0 Å². The van der Waals surface area contributed by atoms with Crippen LogP contribution in [0.25, 0.3) is 6.08 Å². The highest BCUT2D eigenvalue weighted by Crippen LogP contribution is 2.14. The Morgan fingerprint density at radius 3 is 2.31 bits per heavy atom. The molecule has 0 bridgehead atoms. The van der Waals surface area contributed by atoms with Gasteiger partial charge in [-0.3, -0.25) is 4.79 Å². The van der Waals surface area contributed by atoms with Crippen LogP contribution >= 0.6 is 0 Å². The molecular weight excluding hydrogens is 178 g/mol. The van der Waals surface area contributed by atoms with E-state index in [0.717, 1.165) is 18.2 Å². The summed E-state index contributed by atoms with van der Waals surface area (Å²) >= 11 is 0. The second kappa shape index (κ2) is 3.80. The van der Waals surface area contributed by atoms with E-state index >= 15 is 0 Å². The SMILES string of the molecule is O=C/C(O)=C/c1c(F)cccc1F. The van der Waals surface area contributed by atoms with Gasteiger partial charge in [-0.25, -0.2) is 8.78 Å². The number of rotatable bonds is 2. The van der Waals surface area contributed by atoms with Crippen LogP contribution < -0.4 is 0 Å². The molecule has 0 spiro atoms. The molecule has 0 saturated heterocycles. The first-order chi connectivity index (χ1) is 6.15. The lowest BCUT2D eigenvalue weighted by atomic mass is 10.2. The number of hydrogen-bond donors (Lipinski definition) is 1. The predicted octanol–water partition coefficient (Wildman–Crippen LogP) is 2.06. The summed E-state index contributed by atoms with van der Waals surface area (Å²) in [5.41, 5.74) is -0.424. The molecule has 0 unspecified atom stereocenters. The Morgan fingerprint density at radius 2 is 1.85 bits per heavy atom. The van der Waals surface area contributed by atoms with Crippen LogP contribution in [0.1, 0.15) is 5.56 Å². The molecule has 4 heteroatoms. The molecule has 1 N–H and O–H groups in total. The highest BCUT2D eigenvalue weighted by molar-refractivity contribution is 5.78. The monoisotopic (exact) mass is 184 g/mol. The van der Waals surface area contributed by atoms with Crippen molar-refractivity contribution in [3.63, 3.8) is 0 Å². The van der Waals surface area contributed by atoms with Crippen molar-refractivity contribution in [1.29, 1.82) is 0 Å². The van der Waals surface area contributed by atoms with Gasteiger partial charge in [0.15, 0.2) is 12.0 Å². The lowest BCUT2D eigenvalue weighted by Gasteiger charge is -1.97. The molecule has 2 nitrogen and oxygen atoms in total.